The standard InChI is InChI=1S/C31H30N8O2/c1-2-26-27(37-31(40)41-15-7-11-22-10-6-14-32-17-22)20-39-29(26)30(33-21-35-39)36-25-12-13-28-24(16-25)18-34-38(28)19-23-8-4-3-5-9-23/h3-6,8-10,12-14,16-18,20-21H,2,7,11,15,19H2,1H3,(H,37,40)(H,33,35,36). The van der Waals surface area contributed by atoms with E-state index in [1.54, 1.807) is 16.9 Å². The summed E-state index contributed by atoms with van der Waals surface area (Å²) in [5, 5.41) is 16.3. The quantitative estimate of drug-likeness (QED) is 0.202. The molecule has 0 radical (unpaired) electrons. The van der Waals surface area contributed by atoms with Crippen molar-refractivity contribution in [3.8, 4) is 0 Å². The van der Waals surface area contributed by atoms with Crippen molar-refractivity contribution in [2.75, 3.05) is 17.2 Å². The van der Waals surface area contributed by atoms with Crippen molar-refractivity contribution >= 4 is 39.7 Å². The van der Waals surface area contributed by atoms with Crippen LogP contribution in [0, 0.1) is 0 Å². The van der Waals surface area contributed by atoms with Gasteiger partial charge in [-0.15, -0.1) is 0 Å². The molecule has 206 valence electrons. The lowest BCUT2D eigenvalue weighted by atomic mass is 10.2. The Morgan fingerprint density at radius 1 is 1.00 bits per heavy atom. The van der Waals surface area contributed by atoms with Gasteiger partial charge in [0.1, 0.15) is 11.8 Å². The Bertz CT molecular complexity index is 1780. The third-order valence-electron chi connectivity index (χ3n) is 6.91. The summed E-state index contributed by atoms with van der Waals surface area (Å²) in [7, 11) is 0. The van der Waals surface area contributed by atoms with E-state index in [-0.39, 0.29) is 0 Å². The molecule has 6 aromatic rings. The van der Waals surface area contributed by atoms with Crippen LogP contribution >= 0.6 is 0 Å². The van der Waals surface area contributed by atoms with Gasteiger partial charge in [0, 0.05) is 29.0 Å². The maximum atomic E-state index is 12.6. The number of fused-ring (bicyclic) bond motifs is 2. The number of aromatic nitrogens is 6. The molecule has 0 aliphatic carbocycles. The van der Waals surface area contributed by atoms with E-state index >= 15 is 0 Å². The number of anilines is 3. The van der Waals surface area contributed by atoms with Crippen LogP contribution in [-0.2, 0) is 24.1 Å². The zero-order valence-electron chi connectivity index (χ0n) is 22.7. The molecule has 0 saturated carbocycles. The predicted octanol–water partition coefficient (Wildman–Crippen LogP) is 6.01. The minimum Gasteiger partial charge on any atom is -0.449 e. The lowest BCUT2D eigenvalue weighted by molar-refractivity contribution is 0.160. The van der Waals surface area contributed by atoms with Gasteiger partial charge in [-0.25, -0.2) is 14.3 Å². The smallest absolute Gasteiger partial charge is 0.411 e. The molecule has 41 heavy (non-hydrogen) atoms. The first-order chi connectivity index (χ1) is 20.2. The van der Waals surface area contributed by atoms with Gasteiger partial charge in [0.05, 0.1) is 36.7 Å². The van der Waals surface area contributed by atoms with E-state index in [4.69, 9.17) is 4.74 Å². The van der Waals surface area contributed by atoms with E-state index in [2.05, 4.69) is 55.1 Å². The third kappa shape index (κ3) is 5.86. The Labute approximate surface area is 237 Å². The molecule has 0 fully saturated rings. The maximum Gasteiger partial charge on any atom is 0.411 e. The Kier molecular flexibility index (Phi) is 7.53. The molecule has 0 unspecified atom stereocenters. The zero-order chi connectivity index (χ0) is 28.0. The molecule has 1 amide bonds. The number of carbonyl (C=O) groups is 1. The Morgan fingerprint density at radius 3 is 2.71 bits per heavy atom. The summed E-state index contributed by atoms with van der Waals surface area (Å²) in [4.78, 5) is 21.2. The number of ether oxygens (including phenoxy) is 1. The molecular formula is C31H30N8O2. The van der Waals surface area contributed by atoms with E-state index in [9.17, 15) is 4.79 Å². The van der Waals surface area contributed by atoms with Crippen LogP contribution in [0.2, 0.25) is 0 Å². The summed E-state index contributed by atoms with van der Waals surface area (Å²) in [6, 6.07) is 20.3. The number of nitrogens with one attached hydrogen (secondary N) is 2. The minimum absolute atomic E-state index is 0.312. The van der Waals surface area contributed by atoms with Crippen LogP contribution in [0.3, 0.4) is 0 Å². The molecule has 0 bridgehead atoms. The topological polar surface area (TPSA) is 111 Å². The van der Waals surface area contributed by atoms with Crippen LogP contribution in [0.1, 0.15) is 30.0 Å². The highest BCUT2D eigenvalue weighted by molar-refractivity contribution is 5.91. The van der Waals surface area contributed by atoms with E-state index in [0.29, 0.717) is 37.5 Å². The zero-order valence-corrected chi connectivity index (χ0v) is 22.7. The molecule has 0 aliphatic rings. The molecule has 2 aromatic carbocycles. The van der Waals surface area contributed by atoms with Gasteiger partial charge in [0.25, 0.3) is 0 Å². The molecule has 0 aliphatic heterocycles. The number of carbonyl (C=O) groups excluding carboxylic acids is 1. The average molecular weight is 547 g/mol. The Morgan fingerprint density at radius 2 is 1.88 bits per heavy atom. The number of benzene rings is 2. The van der Waals surface area contributed by atoms with Crippen molar-refractivity contribution in [3.63, 3.8) is 0 Å². The number of hydrogen-bond donors (Lipinski definition) is 2. The van der Waals surface area contributed by atoms with Crippen molar-refractivity contribution in [1.82, 2.24) is 29.4 Å². The first-order valence-corrected chi connectivity index (χ1v) is 13.6. The van der Waals surface area contributed by atoms with Gasteiger partial charge in [-0.3, -0.25) is 15.0 Å². The van der Waals surface area contributed by atoms with Crippen molar-refractivity contribution in [2.45, 2.75) is 32.7 Å². The van der Waals surface area contributed by atoms with Crippen LogP contribution < -0.4 is 10.6 Å². The summed E-state index contributed by atoms with van der Waals surface area (Å²) < 4.78 is 9.15. The van der Waals surface area contributed by atoms with Crippen LogP contribution in [0.4, 0.5) is 22.0 Å². The second kappa shape index (κ2) is 11.9. The number of amides is 1. The molecule has 10 heteroatoms. The second-order valence-electron chi connectivity index (χ2n) is 9.69. The first kappa shape index (κ1) is 26.0. The first-order valence-electron chi connectivity index (χ1n) is 13.6. The van der Waals surface area contributed by atoms with Crippen molar-refractivity contribution in [3.05, 3.63) is 108 Å². The highest BCUT2D eigenvalue weighted by Gasteiger charge is 2.17. The Hall–Kier alpha value is -5.25. The number of aryl methyl sites for hydroxylation is 2. The average Bonchev–Trinajstić information content (AvgIpc) is 3.57. The highest BCUT2D eigenvalue weighted by atomic mass is 16.5. The van der Waals surface area contributed by atoms with Gasteiger partial charge in [-0.2, -0.15) is 10.2 Å². The van der Waals surface area contributed by atoms with Gasteiger partial charge in [-0.05, 0) is 54.7 Å². The van der Waals surface area contributed by atoms with Gasteiger partial charge < -0.3 is 10.1 Å². The third-order valence-corrected chi connectivity index (χ3v) is 6.91. The summed E-state index contributed by atoms with van der Waals surface area (Å²) in [6.45, 7) is 3.05. The fraction of sp³-hybridized carbons (Fsp3) is 0.194. The number of hydrogen-bond acceptors (Lipinski definition) is 7. The summed E-state index contributed by atoms with van der Waals surface area (Å²) in [5.74, 6) is 0.644. The molecular weight excluding hydrogens is 516 g/mol. The molecule has 4 heterocycles. The monoisotopic (exact) mass is 546 g/mol. The number of nitrogens with zero attached hydrogens (tertiary/aromatic N) is 6. The van der Waals surface area contributed by atoms with Crippen molar-refractivity contribution < 1.29 is 9.53 Å². The van der Waals surface area contributed by atoms with Crippen molar-refractivity contribution in [1.29, 1.82) is 0 Å². The predicted molar refractivity (Wildman–Crippen MR) is 158 cm³/mol. The normalized spacial score (nSPS) is 11.1. The van der Waals surface area contributed by atoms with E-state index in [1.165, 1.54) is 11.9 Å². The van der Waals surface area contributed by atoms with Crippen LogP contribution in [0.25, 0.3) is 16.4 Å². The van der Waals surface area contributed by atoms with Gasteiger partial charge in [0.2, 0.25) is 0 Å². The lowest BCUT2D eigenvalue weighted by Crippen LogP contribution is -2.15. The molecule has 6 rings (SSSR count). The van der Waals surface area contributed by atoms with Crippen LogP contribution in [-0.4, -0.2) is 42.1 Å². The number of rotatable bonds is 10. The SMILES string of the molecule is CCc1c(NC(=O)OCCCc2cccnc2)cn2ncnc(Nc3ccc4c(cnn4Cc4ccccc4)c3)c12. The fourth-order valence-corrected chi connectivity index (χ4v) is 4.95. The molecule has 10 nitrogen and oxygen atoms in total. The Balaban J connectivity index is 1.16. The summed E-state index contributed by atoms with van der Waals surface area (Å²) in [5.41, 5.74) is 6.59. The highest BCUT2D eigenvalue weighted by Crippen LogP contribution is 2.30. The fourth-order valence-electron chi connectivity index (χ4n) is 4.95. The molecule has 0 spiro atoms. The van der Waals surface area contributed by atoms with Gasteiger partial charge >= 0.3 is 6.09 Å². The van der Waals surface area contributed by atoms with Crippen LogP contribution in [0.5, 0.6) is 0 Å². The van der Waals surface area contributed by atoms with Gasteiger partial charge in [-0.1, -0.05) is 43.3 Å². The van der Waals surface area contributed by atoms with Gasteiger partial charge in [0.15, 0.2) is 5.82 Å². The molecule has 0 atom stereocenters. The van der Waals surface area contributed by atoms with E-state index < -0.39 is 6.09 Å². The van der Waals surface area contributed by atoms with Crippen molar-refractivity contribution in [2.24, 2.45) is 0 Å². The van der Waals surface area contributed by atoms with E-state index in [0.717, 1.165) is 39.7 Å². The molecule has 2 N–H and O–H groups in total. The second-order valence-corrected chi connectivity index (χ2v) is 9.69. The number of pyridine rings is 1. The maximum absolute atomic E-state index is 12.6. The van der Waals surface area contributed by atoms with E-state index in [1.807, 2.05) is 60.4 Å². The molecule has 4 aromatic heterocycles. The van der Waals surface area contributed by atoms with Crippen LogP contribution in [0.15, 0.2) is 91.8 Å². The lowest BCUT2D eigenvalue weighted by Gasteiger charge is -2.10. The molecule has 0 saturated heterocycles. The minimum atomic E-state index is -0.498. The summed E-state index contributed by atoms with van der Waals surface area (Å²) >= 11 is 0. The largest absolute Gasteiger partial charge is 0.449 e. The summed E-state index contributed by atoms with van der Waals surface area (Å²) in [6.07, 6.45) is 10.4.